The summed E-state index contributed by atoms with van der Waals surface area (Å²) in [5, 5.41) is 0.112. The van der Waals surface area contributed by atoms with Crippen molar-refractivity contribution in [3.63, 3.8) is 0 Å². The third-order valence-electron chi connectivity index (χ3n) is 2.38. The van der Waals surface area contributed by atoms with Crippen LogP contribution < -0.4 is 5.56 Å². The fraction of sp³-hybridized carbons (Fsp3) is 0.0909. The Labute approximate surface area is 90.7 Å². The van der Waals surface area contributed by atoms with Crippen LogP contribution in [-0.2, 0) is 0 Å². The van der Waals surface area contributed by atoms with Gasteiger partial charge in [0.1, 0.15) is 5.56 Å². The van der Waals surface area contributed by atoms with Crippen LogP contribution in [0.15, 0.2) is 29.1 Å². The number of aromatic nitrogens is 1. The second-order valence-corrected chi connectivity index (χ2v) is 3.62. The molecule has 0 aliphatic rings. The summed E-state index contributed by atoms with van der Waals surface area (Å²) >= 11 is 5.36. The number of carbonyl (C=O) groups excluding carboxylic acids is 1. The minimum absolute atomic E-state index is 0.0235. The molecule has 0 bridgehead atoms. The Hall–Kier alpha value is -1.61. The van der Waals surface area contributed by atoms with Gasteiger partial charge in [-0.25, -0.2) is 0 Å². The van der Waals surface area contributed by atoms with Crippen molar-refractivity contribution in [1.82, 2.24) is 4.98 Å². The summed E-state index contributed by atoms with van der Waals surface area (Å²) in [6.07, 6.45) is 0. The Bertz CT molecular complexity index is 601. The Morgan fingerprint density at radius 1 is 1.33 bits per heavy atom. The molecule has 0 fully saturated rings. The van der Waals surface area contributed by atoms with Gasteiger partial charge in [0, 0.05) is 10.9 Å². The second-order valence-electron chi connectivity index (χ2n) is 3.27. The van der Waals surface area contributed by atoms with Crippen LogP contribution in [0.2, 0.25) is 0 Å². The SMILES string of the molecule is Cc1c(C(=O)Cl)c(=O)[nH]c2ccccc12. The van der Waals surface area contributed by atoms with E-state index < -0.39 is 10.8 Å². The molecule has 4 heteroatoms. The lowest BCUT2D eigenvalue weighted by molar-refractivity contribution is 0.107. The first-order valence-electron chi connectivity index (χ1n) is 4.42. The van der Waals surface area contributed by atoms with E-state index in [0.29, 0.717) is 11.1 Å². The Morgan fingerprint density at radius 2 is 2.00 bits per heavy atom. The number of H-pyrrole nitrogens is 1. The maximum Gasteiger partial charge on any atom is 0.260 e. The zero-order valence-corrected chi connectivity index (χ0v) is 8.76. The number of aromatic amines is 1. The Kier molecular flexibility index (Phi) is 2.32. The van der Waals surface area contributed by atoms with E-state index in [4.69, 9.17) is 11.6 Å². The highest BCUT2D eigenvalue weighted by atomic mass is 35.5. The first-order chi connectivity index (χ1) is 7.11. The number of rotatable bonds is 1. The smallest absolute Gasteiger partial charge is 0.260 e. The maximum absolute atomic E-state index is 11.5. The zero-order valence-electron chi connectivity index (χ0n) is 8.00. The van der Waals surface area contributed by atoms with Gasteiger partial charge in [-0.1, -0.05) is 18.2 Å². The lowest BCUT2D eigenvalue weighted by Crippen LogP contribution is -2.17. The molecule has 0 aliphatic heterocycles. The van der Waals surface area contributed by atoms with Crippen molar-refractivity contribution < 1.29 is 4.79 Å². The first kappa shape index (κ1) is 9.93. The van der Waals surface area contributed by atoms with Gasteiger partial charge in [-0.15, -0.1) is 0 Å². The van der Waals surface area contributed by atoms with Crippen molar-refractivity contribution in [3.8, 4) is 0 Å². The third kappa shape index (κ3) is 1.55. The van der Waals surface area contributed by atoms with E-state index in [0.717, 1.165) is 5.39 Å². The summed E-state index contributed by atoms with van der Waals surface area (Å²) in [7, 11) is 0. The quantitative estimate of drug-likeness (QED) is 0.751. The van der Waals surface area contributed by atoms with E-state index in [1.165, 1.54) is 0 Å². The number of pyridine rings is 1. The van der Waals surface area contributed by atoms with Crippen LogP contribution in [0.3, 0.4) is 0 Å². The lowest BCUT2D eigenvalue weighted by Gasteiger charge is -2.04. The standard InChI is InChI=1S/C11H8ClNO2/c1-6-7-4-2-3-5-8(7)13-11(15)9(6)10(12)14/h2-5H,1H3,(H,13,15). The average molecular weight is 222 g/mol. The summed E-state index contributed by atoms with van der Waals surface area (Å²) in [6, 6.07) is 7.28. The molecule has 3 nitrogen and oxygen atoms in total. The van der Waals surface area contributed by atoms with Crippen molar-refractivity contribution in [3.05, 3.63) is 45.7 Å². The average Bonchev–Trinajstić information content (AvgIpc) is 2.17. The number of halogens is 1. The highest BCUT2D eigenvalue weighted by Crippen LogP contribution is 2.17. The fourth-order valence-corrected chi connectivity index (χ4v) is 1.87. The summed E-state index contributed by atoms with van der Waals surface area (Å²) in [4.78, 5) is 25.2. The van der Waals surface area contributed by atoms with Gasteiger partial charge < -0.3 is 4.98 Å². The highest BCUT2D eigenvalue weighted by Gasteiger charge is 2.13. The molecule has 0 atom stereocenters. The number of aryl methyl sites for hydroxylation is 1. The third-order valence-corrected chi connectivity index (χ3v) is 2.57. The zero-order chi connectivity index (χ0) is 11.0. The molecule has 1 aromatic heterocycles. The van der Waals surface area contributed by atoms with Crippen LogP contribution in [0, 0.1) is 6.92 Å². The molecule has 0 amide bonds. The fourth-order valence-electron chi connectivity index (χ4n) is 1.65. The van der Waals surface area contributed by atoms with Gasteiger partial charge in [-0.2, -0.15) is 0 Å². The minimum Gasteiger partial charge on any atom is -0.321 e. The van der Waals surface area contributed by atoms with Crippen LogP contribution in [-0.4, -0.2) is 10.2 Å². The molecule has 1 N–H and O–H groups in total. The molecular formula is C11H8ClNO2. The molecule has 0 aliphatic carbocycles. The Balaban J connectivity index is 2.97. The van der Waals surface area contributed by atoms with Crippen molar-refractivity contribution in [2.75, 3.05) is 0 Å². The van der Waals surface area contributed by atoms with E-state index in [2.05, 4.69) is 4.98 Å². The predicted molar refractivity (Wildman–Crippen MR) is 59.5 cm³/mol. The van der Waals surface area contributed by atoms with Gasteiger partial charge >= 0.3 is 0 Å². The molecule has 15 heavy (non-hydrogen) atoms. The number of hydrogen-bond donors (Lipinski definition) is 1. The second kappa shape index (κ2) is 3.51. The molecule has 0 saturated carbocycles. The maximum atomic E-state index is 11.5. The monoisotopic (exact) mass is 221 g/mol. The summed E-state index contributed by atoms with van der Waals surface area (Å²) < 4.78 is 0. The van der Waals surface area contributed by atoms with E-state index in [9.17, 15) is 9.59 Å². The normalized spacial score (nSPS) is 10.5. The summed E-state index contributed by atoms with van der Waals surface area (Å²) in [5.74, 6) is 0. The largest absolute Gasteiger partial charge is 0.321 e. The van der Waals surface area contributed by atoms with Crippen molar-refractivity contribution in [1.29, 1.82) is 0 Å². The van der Waals surface area contributed by atoms with Gasteiger partial charge in [0.05, 0.1) is 0 Å². The molecule has 2 rings (SSSR count). The highest BCUT2D eigenvalue weighted by molar-refractivity contribution is 6.68. The molecule has 2 aromatic rings. The predicted octanol–water partition coefficient (Wildman–Crippen LogP) is 2.22. The molecule has 0 unspecified atom stereocenters. The van der Waals surface area contributed by atoms with Crippen LogP contribution in [0.5, 0.6) is 0 Å². The first-order valence-corrected chi connectivity index (χ1v) is 4.80. The molecular weight excluding hydrogens is 214 g/mol. The van der Waals surface area contributed by atoms with E-state index in [1.807, 2.05) is 18.2 Å². The van der Waals surface area contributed by atoms with Gasteiger partial charge in [0.15, 0.2) is 0 Å². The summed E-state index contributed by atoms with van der Waals surface area (Å²) in [5.41, 5.74) is 0.914. The van der Waals surface area contributed by atoms with Crippen LogP contribution in [0.1, 0.15) is 15.9 Å². The van der Waals surface area contributed by atoms with Crippen molar-refractivity contribution in [2.24, 2.45) is 0 Å². The topological polar surface area (TPSA) is 49.9 Å². The van der Waals surface area contributed by atoms with Crippen LogP contribution in [0.4, 0.5) is 0 Å². The molecule has 1 heterocycles. The van der Waals surface area contributed by atoms with E-state index >= 15 is 0 Å². The summed E-state index contributed by atoms with van der Waals surface area (Å²) in [6.45, 7) is 1.72. The molecule has 0 spiro atoms. The van der Waals surface area contributed by atoms with Crippen LogP contribution in [0.25, 0.3) is 10.9 Å². The van der Waals surface area contributed by atoms with Crippen LogP contribution >= 0.6 is 11.6 Å². The molecule has 1 aromatic carbocycles. The van der Waals surface area contributed by atoms with Gasteiger partial charge in [-0.05, 0) is 30.2 Å². The number of para-hydroxylation sites is 1. The van der Waals surface area contributed by atoms with E-state index in [1.54, 1.807) is 13.0 Å². The van der Waals surface area contributed by atoms with Gasteiger partial charge in [-0.3, -0.25) is 9.59 Å². The van der Waals surface area contributed by atoms with Gasteiger partial charge in [0.25, 0.3) is 10.8 Å². The van der Waals surface area contributed by atoms with Crippen molar-refractivity contribution in [2.45, 2.75) is 6.92 Å². The number of fused-ring (bicyclic) bond motifs is 1. The number of nitrogens with one attached hydrogen (secondary N) is 1. The molecule has 76 valence electrons. The number of benzene rings is 1. The van der Waals surface area contributed by atoms with Crippen molar-refractivity contribution >= 4 is 27.7 Å². The number of carbonyl (C=O) groups is 1. The Morgan fingerprint density at radius 3 is 2.67 bits per heavy atom. The molecule has 0 saturated heterocycles. The number of hydrogen-bond acceptors (Lipinski definition) is 2. The lowest BCUT2D eigenvalue weighted by atomic mass is 10.1. The minimum atomic E-state index is -0.723. The van der Waals surface area contributed by atoms with E-state index in [-0.39, 0.29) is 5.56 Å². The molecule has 0 radical (unpaired) electrons. The van der Waals surface area contributed by atoms with Gasteiger partial charge in [0.2, 0.25) is 0 Å².